The molecule has 2 aromatic carbocycles. The Hall–Kier alpha value is -2.68. The maximum Gasteiger partial charge on any atom is 0.263 e. The van der Waals surface area contributed by atoms with Gasteiger partial charge in [-0.15, -0.1) is 0 Å². The Morgan fingerprint density at radius 2 is 1.92 bits per heavy atom. The van der Waals surface area contributed by atoms with E-state index in [1.54, 1.807) is 25.3 Å². The molecule has 0 radical (unpaired) electrons. The minimum absolute atomic E-state index is 0.0363. The first-order chi connectivity index (χ1) is 12.5. The molecule has 26 heavy (non-hydrogen) atoms. The molecule has 0 aromatic heterocycles. The third kappa shape index (κ3) is 5.69. The maximum atomic E-state index is 12.1. The zero-order chi connectivity index (χ0) is 18.9. The lowest BCUT2D eigenvalue weighted by Crippen LogP contribution is -2.27. The predicted octanol–water partition coefficient (Wildman–Crippen LogP) is 4.18. The number of nitrogens with one attached hydrogen (secondary N) is 2. The second-order valence-electron chi connectivity index (χ2n) is 5.30. The van der Waals surface area contributed by atoms with Crippen molar-refractivity contribution in [1.82, 2.24) is 5.32 Å². The lowest BCUT2D eigenvalue weighted by Gasteiger charge is -2.07. The van der Waals surface area contributed by atoms with Crippen molar-refractivity contribution in [2.75, 3.05) is 19.0 Å². The van der Waals surface area contributed by atoms with Crippen LogP contribution >= 0.6 is 23.2 Å². The first-order valence-electron chi connectivity index (χ1n) is 7.76. The van der Waals surface area contributed by atoms with Gasteiger partial charge in [0, 0.05) is 18.4 Å². The lowest BCUT2D eigenvalue weighted by atomic mass is 10.1. The molecule has 0 aliphatic rings. The Balaban J connectivity index is 1.88. The number of rotatable bonds is 7. The van der Waals surface area contributed by atoms with Gasteiger partial charge in [-0.3, -0.25) is 4.79 Å². The molecule has 0 saturated carbocycles. The number of ether oxygens (including phenoxy) is 1. The summed E-state index contributed by atoms with van der Waals surface area (Å²) < 4.78 is 5.10. The number of hydrogen-bond donors (Lipinski definition) is 2. The van der Waals surface area contributed by atoms with Gasteiger partial charge in [0.15, 0.2) is 0 Å². The molecule has 0 unspecified atom stereocenters. The van der Waals surface area contributed by atoms with Gasteiger partial charge in [-0.25, -0.2) is 0 Å². The highest BCUT2D eigenvalue weighted by Gasteiger charge is 2.08. The molecular weight excluding hydrogens is 373 g/mol. The highest BCUT2D eigenvalue weighted by atomic mass is 35.5. The molecule has 0 atom stereocenters. The quantitative estimate of drug-likeness (QED) is 0.550. The normalized spacial score (nSPS) is 10.8. The smallest absolute Gasteiger partial charge is 0.263 e. The summed E-state index contributed by atoms with van der Waals surface area (Å²) >= 11 is 11.8. The van der Waals surface area contributed by atoms with E-state index in [-0.39, 0.29) is 5.57 Å². The Morgan fingerprint density at radius 3 is 2.54 bits per heavy atom. The number of carbonyl (C=O) groups excluding carboxylic acids is 1. The van der Waals surface area contributed by atoms with E-state index >= 15 is 0 Å². The van der Waals surface area contributed by atoms with E-state index in [4.69, 9.17) is 33.2 Å². The Morgan fingerprint density at radius 1 is 1.19 bits per heavy atom. The first-order valence-corrected chi connectivity index (χ1v) is 8.52. The van der Waals surface area contributed by atoms with Gasteiger partial charge in [0.1, 0.15) is 17.4 Å². The fourth-order valence-electron chi connectivity index (χ4n) is 2.10. The molecule has 134 valence electrons. The topological polar surface area (TPSA) is 74.1 Å². The standard InChI is InChI=1S/C19H17Cl2N3O2/c1-26-16-5-2-13(3-6-16)8-9-23-19(25)14(11-22)12-24-15-4-7-17(20)18(21)10-15/h2-7,10,12,24H,8-9H2,1H3,(H,23,25)/b14-12-. The van der Waals surface area contributed by atoms with Crippen LogP contribution in [0, 0.1) is 11.3 Å². The van der Waals surface area contributed by atoms with Crippen molar-refractivity contribution in [2.24, 2.45) is 0 Å². The average molecular weight is 390 g/mol. The van der Waals surface area contributed by atoms with Gasteiger partial charge >= 0.3 is 0 Å². The molecule has 7 heteroatoms. The molecule has 2 N–H and O–H groups in total. The van der Waals surface area contributed by atoms with Crippen LogP contribution in [0.25, 0.3) is 0 Å². The first kappa shape index (κ1) is 19.6. The van der Waals surface area contributed by atoms with E-state index < -0.39 is 5.91 Å². The van der Waals surface area contributed by atoms with E-state index in [2.05, 4.69) is 10.6 Å². The maximum absolute atomic E-state index is 12.1. The Bertz CT molecular complexity index is 843. The number of halogens is 2. The van der Waals surface area contributed by atoms with Crippen LogP contribution in [0.5, 0.6) is 5.75 Å². The predicted molar refractivity (Wildman–Crippen MR) is 103 cm³/mol. The van der Waals surface area contributed by atoms with Crippen LogP contribution in [0.15, 0.2) is 54.2 Å². The van der Waals surface area contributed by atoms with Crippen LogP contribution < -0.4 is 15.4 Å². The van der Waals surface area contributed by atoms with Crippen molar-refractivity contribution in [1.29, 1.82) is 5.26 Å². The summed E-state index contributed by atoms with van der Waals surface area (Å²) in [6.07, 6.45) is 1.98. The number of anilines is 1. The molecular formula is C19H17Cl2N3O2. The SMILES string of the molecule is COc1ccc(CCNC(=O)/C(C#N)=C\Nc2ccc(Cl)c(Cl)c2)cc1. The van der Waals surface area contributed by atoms with Gasteiger partial charge < -0.3 is 15.4 Å². The van der Waals surface area contributed by atoms with Crippen LogP contribution in [0.4, 0.5) is 5.69 Å². The van der Waals surface area contributed by atoms with Crippen LogP contribution in [-0.2, 0) is 11.2 Å². The molecule has 0 spiro atoms. The third-order valence-corrected chi connectivity index (χ3v) is 4.27. The van der Waals surface area contributed by atoms with E-state index in [1.807, 2.05) is 30.3 Å². The molecule has 2 rings (SSSR count). The molecule has 2 aromatic rings. The molecule has 0 saturated heterocycles. The van der Waals surface area contributed by atoms with Crippen molar-refractivity contribution < 1.29 is 9.53 Å². The van der Waals surface area contributed by atoms with E-state index in [0.29, 0.717) is 28.7 Å². The summed E-state index contributed by atoms with van der Waals surface area (Å²) in [5.41, 5.74) is 1.64. The zero-order valence-electron chi connectivity index (χ0n) is 14.1. The Kier molecular flexibility index (Phi) is 7.34. The van der Waals surface area contributed by atoms with Crippen molar-refractivity contribution >= 4 is 34.8 Å². The molecule has 0 aliphatic heterocycles. The summed E-state index contributed by atoms with van der Waals surface area (Å²) in [6, 6.07) is 14.4. The summed E-state index contributed by atoms with van der Waals surface area (Å²) in [5, 5.41) is 15.6. The number of amides is 1. The molecule has 1 amide bonds. The van der Waals surface area contributed by atoms with Crippen LogP contribution in [0.1, 0.15) is 5.56 Å². The second kappa shape index (κ2) is 9.71. The van der Waals surface area contributed by atoms with Gasteiger partial charge in [-0.05, 0) is 42.3 Å². The highest BCUT2D eigenvalue weighted by molar-refractivity contribution is 6.42. The summed E-state index contributed by atoms with van der Waals surface area (Å²) in [5.74, 6) is 0.328. The van der Waals surface area contributed by atoms with Crippen LogP contribution in [0.3, 0.4) is 0 Å². The number of hydrogen-bond acceptors (Lipinski definition) is 4. The highest BCUT2D eigenvalue weighted by Crippen LogP contribution is 2.25. The monoisotopic (exact) mass is 389 g/mol. The largest absolute Gasteiger partial charge is 0.497 e. The molecule has 5 nitrogen and oxygen atoms in total. The Labute approximate surface area is 162 Å². The van der Waals surface area contributed by atoms with Crippen molar-refractivity contribution in [3.05, 3.63) is 69.8 Å². The fraction of sp³-hybridized carbons (Fsp3) is 0.158. The van der Waals surface area contributed by atoms with Crippen LogP contribution in [0.2, 0.25) is 10.0 Å². The number of carbonyl (C=O) groups is 1. The minimum Gasteiger partial charge on any atom is -0.497 e. The number of benzene rings is 2. The molecule has 0 aliphatic carbocycles. The van der Waals surface area contributed by atoms with E-state index in [0.717, 1.165) is 11.3 Å². The lowest BCUT2D eigenvalue weighted by molar-refractivity contribution is -0.117. The molecule has 0 fully saturated rings. The zero-order valence-corrected chi connectivity index (χ0v) is 15.6. The van der Waals surface area contributed by atoms with E-state index in [9.17, 15) is 4.79 Å². The third-order valence-electron chi connectivity index (χ3n) is 3.53. The number of nitriles is 1. The van der Waals surface area contributed by atoms with Crippen molar-refractivity contribution in [3.8, 4) is 11.8 Å². The summed E-state index contributed by atoms with van der Waals surface area (Å²) in [6.45, 7) is 0.414. The summed E-state index contributed by atoms with van der Waals surface area (Å²) in [4.78, 5) is 12.1. The molecule has 0 bridgehead atoms. The fourth-order valence-corrected chi connectivity index (χ4v) is 2.40. The second-order valence-corrected chi connectivity index (χ2v) is 6.11. The average Bonchev–Trinajstić information content (AvgIpc) is 2.65. The van der Waals surface area contributed by atoms with Gasteiger partial charge in [0.25, 0.3) is 5.91 Å². The van der Waals surface area contributed by atoms with Crippen molar-refractivity contribution in [2.45, 2.75) is 6.42 Å². The number of nitrogens with zero attached hydrogens (tertiary/aromatic N) is 1. The van der Waals surface area contributed by atoms with Gasteiger partial charge in [-0.1, -0.05) is 35.3 Å². The minimum atomic E-state index is -0.450. The van der Waals surface area contributed by atoms with Gasteiger partial charge in [-0.2, -0.15) is 5.26 Å². The van der Waals surface area contributed by atoms with Gasteiger partial charge in [0.2, 0.25) is 0 Å². The van der Waals surface area contributed by atoms with Gasteiger partial charge in [0.05, 0.1) is 17.2 Å². The number of methoxy groups -OCH3 is 1. The molecule has 0 heterocycles. The van der Waals surface area contributed by atoms with Crippen LogP contribution in [-0.4, -0.2) is 19.6 Å². The summed E-state index contributed by atoms with van der Waals surface area (Å²) in [7, 11) is 1.61. The van der Waals surface area contributed by atoms with Crippen molar-refractivity contribution in [3.63, 3.8) is 0 Å². The van der Waals surface area contributed by atoms with E-state index in [1.165, 1.54) is 6.20 Å².